The number of aromatic nitrogens is 4. The summed E-state index contributed by atoms with van der Waals surface area (Å²) in [5.74, 6) is -0.619. The van der Waals surface area contributed by atoms with Gasteiger partial charge in [-0.05, 0) is 26.7 Å². The van der Waals surface area contributed by atoms with Crippen molar-refractivity contribution in [2.45, 2.75) is 51.6 Å². The summed E-state index contributed by atoms with van der Waals surface area (Å²) in [6.07, 6.45) is -0.229. The third kappa shape index (κ3) is 4.27. The molecule has 0 aromatic carbocycles. The van der Waals surface area contributed by atoms with Crippen LogP contribution in [0.3, 0.4) is 0 Å². The summed E-state index contributed by atoms with van der Waals surface area (Å²) >= 11 is 5.95. The Kier molecular flexibility index (Phi) is 5.48. The Morgan fingerprint density at radius 1 is 1.48 bits per heavy atom. The molecule has 2 heterocycles. The molecule has 1 N–H and O–H groups in total. The first-order valence-corrected chi connectivity index (χ1v) is 8.86. The van der Waals surface area contributed by atoms with Gasteiger partial charge in [-0.15, -0.1) is 0 Å². The number of nitrogens with zero attached hydrogens (tertiary/aromatic N) is 4. The van der Waals surface area contributed by atoms with Crippen LogP contribution in [-0.4, -0.2) is 32.1 Å². The quantitative estimate of drug-likeness (QED) is 0.759. The number of anilines is 1. The predicted octanol–water partition coefficient (Wildman–Crippen LogP) is 3.82. The lowest BCUT2D eigenvalue weighted by atomic mass is 10.2. The smallest absolute Gasteiger partial charge is 0.360 e. The van der Waals surface area contributed by atoms with Gasteiger partial charge in [-0.2, -0.15) is 23.4 Å². The number of ether oxygens (including phenoxy) is 1. The van der Waals surface area contributed by atoms with Gasteiger partial charge in [-0.3, -0.25) is 9.48 Å². The SMILES string of the molecule is CCOCn1cc(NC(=O)C(C)n2nc(C(F)(F)F)c(Cl)c2C2CC2)cn1. The van der Waals surface area contributed by atoms with E-state index < -0.39 is 28.8 Å². The number of rotatable bonds is 7. The number of hydrogen-bond donors (Lipinski definition) is 1. The van der Waals surface area contributed by atoms with Crippen molar-refractivity contribution in [3.63, 3.8) is 0 Å². The molecule has 1 saturated carbocycles. The minimum Gasteiger partial charge on any atom is -0.360 e. The maximum Gasteiger partial charge on any atom is 0.436 e. The summed E-state index contributed by atoms with van der Waals surface area (Å²) in [4.78, 5) is 12.5. The second-order valence-corrected chi connectivity index (χ2v) is 6.70. The molecule has 7 nitrogen and oxygen atoms in total. The van der Waals surface area contributed by atoms with Gasteiger partial charge in [0.15, 0.2) is 5.69 Å². The van der Waals surface area contributed by atoms with Crippen LogP contribution in [0.1, 0.15) is 50.0 Å². The van der Waals surface area contributed by atoms with Gasteiger partial charge in [0, 0.05) is 12.5 Å². The average molecular weight is 406 g/mol. The normalized spacial score (nSPS) is 15.8. The molecule has 0 saturated heterocycles. The van der Waals surface area contributed by atoms with Crippen LogP contribution < -0.4 is 5.32 Å². The molecule has 27 heavy (non-hydrogen) atoms. The fourth-order valence-corrected chi connectivity index (χ4v) is 3.05. The van der Waals surface area contributed by atoms with Crippen LogP contribution in [0.5, 0.6) is 0 Å². The van der Waals surface area contributed by atoms with Gasteiger partial charge in [-0.1, -0.05) is 11.6 Å². The van der Waals surface area contributed by atoms with E-state index in [9.17, 15) is 18.0 Å². The summed E-state index contributed by atoms with van der Waals surface area (Å²) in [7, 11) is 0. The van der Waals surface area contributed by atoms with E-state index in [1.807, 2.05) is 6.92 Å². The molecular formula is C16H19ClF3N5O2. The molecular weight excluding hydrogens is 387 g/mol. The van der Waals surface area contributed by atoms with E-state index >= 15 is 0 Å². The lowest BCUT2D eigenvalue weighted by molar-refractivity contribution is -0.141. The number of carbonyl (C=O) groups excluding carboxylic acids is 1. The Labute approximate surface area is 158 Å². The van der Waals surface area contributed by atoms with E-state index in [0.29, 0.717) is 12.3 Å². The Morgan fingerprint density at radius 3 is 2.78 bits per heavy atom. The Hall–Kier alpha value is -2.07. The summed E-state index contributed by atoms with van der Waals surface area (Å²) in [5, 5.41) is 9.84. The fourth-order valence-electron chi connectivity index (χ4n) is 2.67. The number of amides is 1. The predicted molar refractivity (Wildman–Crippen MR) is 91.4 cm³/mol. The average Bonchev–Trinajstić information content (AvgIpc) is 3.23. The molecule has 0 aliphatic heterocycles. The third-order valence-electron chi connectivity index (χ3n) is 4.19. The van der Waals surface area contributed by atoms with Crippen LogP contribution in [0, 0.1) is 0 Å². The van der Waals surface area contributed by atoms with Crippen molar-refractivity contribution < 1.29 is 22.7 Å². The minimum atomic E-state index is -4.68. The standard InChI is InChI=1S/C16H19ClF3N5O2/c1-3-27-8-24-7-11(6-21-24)22-15(26)9(2)25-13(10-4-5-10)12(17)14(23-25)16(18,19)20/h6-7,9-10H,3-5,8H2,1-2H3,(H,22,26). The number of halogens is 4. The maximum absolute atomic E-state index is 13.2. The second-order valence-electron chi connectivity index (χ2n) is 6.32. The van der Waals surface area contributed by atoms with Gasteiger partial charge in [0.1, 0.15) is 12.8 Å². The van der Waals surface area contributed by atoms with E-state index in [4.69, 9.17) is 16.3 Å². The van der Waals surface area contributed by atoms with Crippen molar-refractivity contribution in [3.8, 4) is 0 Å². The van der Waals surface area contributed by atoms with Crippen LogP contribution in [-0.2, 0) is 22.4 Å². The Balaban J connectivity index is 1.79. The first-order chi connectivity index (χ1) is 12.7. The van der Waals surface area contributed by atoms with Crippen molar-refractivity contribution in [1.82, 2.24) is 19.6 Å². The van der Waals surface area contributed by atoms with Crippen molar-refractivity contribution >= 4 is 23.2 Å². The Bertz CT molecular complexity index is 829. The lowest BCUT2D eigenvalue weighted by Gasteiger charge is -2.15. The number of hydrogen-bond acceptors (Lipinski definition) is 4. The van der Waals surface area contributed by atoms with Crippen LogP contribution in [0.15, 0.2) is 12.4 Å². The van der Waals surface area contributed by atoms with E-state index in [-0.39, 0.29) is 18.3 Å². The highest BCUT2D eigenvalue weighted by molar-refractivity contribution is 6.32. The van der Waals surface area contributed by atoms with Crippen molar-refractivity contribution in [2.75, 3.05) is 11.9 Å². The van der Waals surface area contributed by atoms with E-state index in [0.717, 1.165) is 17.5 Å². The molecule has 1 fully saturated rings. The van der Waals surface area contributed by atoms with Gasteiger partial charge in [0.05, 0.1) is 28.8 Å². The summed E-state index contributed by atoms with van der Waals surface area (Å²) < 4.78 is 47.3. The second kappa shape index (κ2) is 7.51. The van der Waals surface area contributed by atoms with Crippen LogP contribution in [0.2, 0.25) is 5.02 Å². The zero-order chi connectivity index (χ0) is 19.8. The highest BCUT2D eigenvalue weighted by atomic mass is 35.5. The number of alkyl halides is 3. The molecule has 3 rings (SSSR count). The highest BCUT2D eigenvalue weighted by Crippen LogP contribution is 2.47. The first kappa shape index (κ1) is 19.7. The zero-order valence-corrected chi connectivity index (χ0v) is 15.5. The molecule has 1 unspecified atom stereocenters. The van der Waals surface area contributed by atoms with Crippen LogP contribution in [0.25, 0.3) is 0 Å². The topological polar surface area (TPSA) is 74.0 Å². The van der Waals surface area contributed by atoms with E-state index in [2.05, 4.69) is 15.5 Å². The van der Waals surface area contributed by atoms with Crippen molar-refractivity contribution in [3.05, 3.63) is 28.8 Å². The number of nitrogens with one attached hydrogen (secondary N) is 1. The molecule has 2 aromatic heterocycles. The molecule has 1 amide bonds. The summed E-state index contributed by atoms with van der Waals surface area (Å²) in [6, 6.07) is -0.968. The number of carbonyl (C=O) groups is 1. The van der Waals surface area contributed by atoms with Gasteiger partial charge < -0.3 is 10.1 Å². The highest BCUT2D eigenvalue weighted by Gasteiger charge is 2.43. The molecule has 0 bridgehead atoms. The zero-order valence-electron chi connectivity index (χ0n) is 14.8. The lowest BCUT2D eigenvalue weighted by Crippen LogP contribution is -2.26. The molecule has 1 atom stereocenters. The van der Waals surface area contributed by atoms with E-state index in [1.54, 1.807) is 6.20 Å². The largest absolute Gasteiger partial charge is 0.436 e. The van der Waals surface area contributed by atoms with Crippen LogP contribution in [0.4, 0.5) is 18.9 Å². The van der Waals surface area contributed by atoms with E-state index in [1.165, 1.54) is 17.8 Å². The Morgan fingerprint density at radius 2 is 2.19 bits per heavy atom. The third-order valence-corrected chi connectivity index (χ3v) is 4.57. The molecule has 0 radical (unpaired) electrons. The minimum absolute atomic E-state index is 0.106. The molecule has 11 heteroatoms. The fraction of sp³-hybridized carbons (Fsp3) is 0.562. The summed E-state index contributed by atoms with van der Waals surface area (Å²) in [6.45, 7) is 4.08. The van der Waals surface area contributed by atoms with Gasteiger partial charge in [-0.25, -0.2) is 4.68 Å². The van der Waals surface area contributed by atoms with Gasteiger partial charge in [0.25, 0.3) is 0 Å². The van der Waals surface area contributed by atoms with Crippen LogP contribution >= 0.6 is 11.6 Å². The first-order valence-electron chi connectivity index (χ1n) is 8.48. The molecule has 2 aromatic rings. The molecule has 1 aliphatic rings. The van der Waals surface area contributed by atoms with Gasteiger partial charge >= 0.3 is 6.18 Å². The van der Waals surface area contributed by atoms with Crippen molar-refractivity contribution in [1.29, 1.82) is 0 Å². The monoisotopic (exact) mass is 405 g/mol. The van der Waals surface area contributed by atoms with Crippen molar-refractivity contribution in [2.24, 2.45) is 0 Å². The molecule has 148 valence electrons. The summed E-state index contributed by atoms with van der Waals surface area (Å²) in [5.41, 5.74) is -0.484. The molecule has 0 spiro atoms. The maximum atomic E-state index is 13.2. The van der Waals surface area contributed by atoms with Gasteiger partial charge in [0.2, 0.25) is 5.91 Å². The molecule has 1 aliphatic carbocycles.